The van der Waals surface area contributed by atoms with E-state index in [1.165, 1.54) is 5.56 Å². The number of guanidine groups is 1. The summed E-state index contributed by atoms with van der Waals surface area (Å²) in [5, 5.41) is 8.44. The van der Waals surface area contributed by atoms with Crippen molar-refractivity contribution < 1.29 is 0 Å². The van der Waals surface area contributed by atoms with E-state index in [1.807, 2.05) is 13.0 Å². The van der Waals surface area contributed by atoms with Crippen molar-refractivity contribution in [3.8, 4) is 0 Å². The third-order valence-corrected chi connectivity index (χ3v) is 3.35. The van der Waals surface area contributed by atoms with Crippen LogP contribution in [0.15, 0.2) is 32.9 Å². The predicted molar refractivity (Wildman–Crippen MR) is 75.0 cm³/mol. The van der Waals surface area contributed by atoms with E-state index in [1.54, 1.807) is 11.3 Å². The molecule has 0 saturated heterocycles. The van der Waals surface area contributed by atoms with Crippen molar-refractivity contribution in [1.82, 2.24) is 10.6 Å². The number of nitrogens with one attached hydrogen (secondary N) is 2. The monoisotopic (exact) mass is 301 g/mol. The van der Waals surface area contributed by atoms with Crippen molar-refractivity contribution in [3.05, 3.63) is 33.5 Å². The van der Waals surface area contributed by atoms with Crippen LogP contribution in [0, 0.1) is 0 Å². The number of thiophene rings is 1. The van der Waals surface area contributed by atoms with Gasteiger partial charge in [-0.1, -0.05) is 6.08 Å². The minimum Gasteiger partial charge on any atom is -0.357 e. The maximum Gasteiger partial charge on any atom is 0.191 e. The van der Waals surface area contributed by atoms with E-state index < -0.39 is 0 Å². The van der Waals surface area contributed by atoms with Crippen LogP contribution in [0.4, 0.5) is 0 Å². The second-order valence-corrected chi connectivity index (χ2v) is 5.41. The Morgan fingerprint density at radius 2 is 2.44 bits per heavy atom. The van der Waals surface area contributed by atoms with Gasteiger partial charge in [0.05, 0.1) is 10.3 Å². The molecule has 0 spiro atoms. The molecule has 1 aromatic heterocycles. The number of halogens is 1. The fourth-order valence-electron chi connectivity index (χ4n) is 1.11. The van der Waals surface area contributed by atoms with Crippen molar-refractivity contribution in [2.45, 2.75) is 13.5 Å². The molecular weight excluding hydrogens is 286 g/mol. The molecule has 1 aromatic rings. The number of hydrogen-bond donors (Lipinski definition) is 2. The van der Waals surface area contributed by atoms with E-state index in [0.717, 1.165) is 22.8 Å². The third-order valence-electron chi connectivity index (χ3n) is 1.80. The molecule has 0 amide bonds. The Kier molecular flexibility index (Phi) is 6.18. The average molecular weight is 302 g/mol. The first-order valence-electron chi connectivity index (χ1n) is 5.12. The molecule has 5 heteroatoms. The molecule has 0 unspecified atom stereocenters. The summed E-state index contributed by atoms with van der Waals surface area (Å²) in [5.41, 5.74) is 1.22. The molecule has 0 fully saturated rings. The summed E-state index contributed by atoms with van der Waals surface area (Å²) in [5.74, 6) is 0.824. The highest BCUT2D eigenvalue weighted by Gasteiger charge is 1.98. The molecule has 0 aliphatic carbocycles. The Morgan fingerprint density at radius 3 is 3.00 bits per heavy atom. The van der Waals surface area contributed by atoms with Crippen molar-refractivity contribution in [2.24, 2.45) is 4.99 Å². The standard InChI is InChI=1S/C11H16BrN3S/c1-3-5-14-11(13-4-2)15-7-9-6-10(12)16-8-9/h3,6,8H,1,4-5,7H2,2H3,(H2,13,14,15). The van der Waals surface area contributed by atoms with Gasteiger partial charge < -0.3 is 10.6 Å². The number of rotatable bonds is 5. The van der Waals surface area contributed by atoms with Gasteiger partial charge in [-0.25, -0.2) is 4.99 Å². The van der Waals surface area contributed by atoms with E-state index in [9.17, 15) is 0 Å². The van der Waals surface area contributed by atoms with Crippen LogP contribution in [0.2, 0.25) is 0 Å². The van der Waals surface area contributed by atoms with Crippen LogP contribution in [0.5, 0.6) is 0 Å². The summed E-state index contributed by atoms with van der Waals surface area (Å²) < 4.78 is 1.14. The normalized spacial score (nSPS) is 11.2. The molecule has 0 aromatic carbocycles. The van der Waals surface area contributed by atoms with Gasteiger partial charge in [0.15, 0.2) is 5.96 Å². The highest BCUT2D eigenvalue weighted by atomic mass is 79.9. The van der Waals surface area contributed by atoms with Crippen molar-refractivity contribution >= 4 is 33.2 Å². The van der Waals surface area contributed by atoms with Gasteiger partial charge in [0.1, 0.15) is 0 Å². The molecule has 88 valence electrons. The topological polar surface area (TPSA) is 36.4 Å². The Labute approximate surface area is 109 Å². The second kappa shape index (κ2) is 7.46. The zero-order valence-electron chi connectivity index (χ0n) is 9.29. The molecule has 16 heavy (non-hydrogen) atoms. The lowest BCUT2D eigenvalue weighted by Crippen LogP contribution is -2.37. The maximum absolute atomic E-state index is 4.47. The zero-order chi connectivity index (χ0) is 11.8. The van der Waals surface area contributed by atoms with Gasteiger partial charge in [-0.2, -0.15) is 0 Å². The minimum absolute atomic E-state index is 0.689. The van der Waals surface area contributed by atoms with E-state index in [0.29, 0.717) is 6.54 Å². The highest BCUT2D eigenvalue weighted by Crippen LogP contribution is 2.20. The first-order valence-corrected chi connectivity index (χ1v) is 6.79. The van der Waals surface area contributed by atoms with E-state index in [-0.39, 0.29) is 0 Å². The Balaban J connectivity index is 2.52. The van der Waals surface area contributed by atoms with Crippen LogP contribution >= 0.6 is 27.3 Å². The predicted octanol–water partition coefficient (Wildman–Crippen LogP) is 2.75. The first kappa shape index (κ1) is 13.3. The largest absolute Gasteiger partial charge is 0.357 e. The van der Waals surface area contributed by atoms with E-state index in [2.05, 4.69) is 49.6 Å². The Bertz CT molecular complexity index is 360. The van der Waals surface area contributed by atoms with Gasteiger partial charge in [0.25, 0.3) is 0 Å². The molecule has 0 aliphatic heterocycles. The summed E-state index contributed by atoms with van der Waals surface area (Å²) in [4.78, 5) is 4.47. The minimum atomic E-state index is 0.689. The van der Waals surface area contributed by atoms with E-state index >= 15 is 0 Å². The van der Waals surface area contributed by atoms with Gasteiger partial charge in [-0.3, -0.25) is 0 Å². The van der Waals surface area contributed by atoms with Crippen LogP contribution in [0.1, 0.15) is 12.5 Å². The van der Waals surface area contributed by atoms with Crippen LogP contribution < -0.4 is 10.6 Å². The van der Waals surface area contributed by atoms with Crippen molar-refractivity contribution in [3.63, 3.8) is 0 Å². The third kappa shape index (κ3) is 4.81. The maximum atomic E-state index is 4.47. The molecule has 0 atom stereocenters. The number of hydrogen-bond acceptors (Lipinski definition) is 2. The zero-order valence-corrected chi connectivity index (χ0v) is 11.7. The van der Waals surface area contributed by atoms with Crippen LogP contribution in [0.3, 0.4) is 0 Å². The van der Waals surface area contributed by atoms with Crippen LogP contribution in [0.25, 0.3) is 0 Å². The van der Waals surface area contributed by atoms with Gasteiger partial charge >= 0.3 is 0 Å². The smallest absolute Gasteiger partial charge is 0.191 e. The molecular formula is C11H16BrN3S. The van der Waals surface area contributed by atoms with Gasteiger partial charge in [0, 0.05) is 13.1 Å². The molecule has 2 N–H and O–H groups in total. The lowest BCUT2D eigenvalue weighted by Gasteiger charge is -2.08. The fraction of sp³-hybridized carbons (Fsp3) is 0.364. The quantitative estimate of drug-likeness (QED) is 0.498. The van der Waals surface area contributed by atoms with Crippen molar-refractivity contribution in [1.29, 1.82) is 0 Å². The van der Waals surface area contributed by atoms with Crippen LogP contribution in [-0.2, 0) is 6.54 Å². The van der Waals surface area contributed by atoms with E-state index in [4.69, 9.17) is 0 Å². The first-order chi connectivity index (χ1) is 7.76. The lowest BCUT2D eigenvalue weighted by atomic mass is 10.3. The molecule has 0 radical (unpaired) electrons. The molecule has 0 bridgehead atoms. The molecule has 1 heterocycles. The summed E-state index contributed by atoms with van der Waals surface area (Å²) >= 11 is 5.12. The number of aliphatic imine (C=N–C) groups is 1. The summed E-state index contributed by atoms with van der Waals surface area (Å²) in [6.07, 6.45) is 1.81. The molecule has 0 aliphatic rings. The lowest BCUT2D eigenvalue weighted by molar-refractivity contribution is 0.861. The molecule has 3 nitrogen and oxygen atoms in total. The Hall–Kier alpha value is -0.810. The highest BCUT2D eigenvalue weighted by molar-refractivity contribution is 9.11. The van der Waals surface area contributed by atoms with Crippen LogP contribution in [-0.4, -0.2) is 19.0 Å². The number of nitrogens with zero attached hydrogens (tertiary/aromatic N) is 1. The average Bonchev–Trinajstić information content (AvgIpc) is 2.68. The summed E-state index contributed by atoms with van der Waals surface area (Å²) in [6.45, 7) is 7.98. The van der Waals surface area contributed by atoms with Gasteiger partial charge in [-0.15, -0.1) is 17.9 Å². The van der Waals surface area contributed by atoms with Crippen molar-refractivity contribution in [2.75, 3.05) is 13.1 Å². The summed E-state index contributed by atoms with van der Waals surface area (Å²) in [6, 6.07) is 2.09. The van der Waals surface area contributed by atoms with Gasteiger partial charge in [-0.05, 0) is 39.9 Å². The Morgan fingerprint density at radius 1 is 1.62 bits per heavy atom. The molecule has 0 saturated carbocycles. The summed E-state index contributed by atoms with van der Waals surface area (Å²) in [7, 11) is 0. The SMILES string of the molecule is C=CCNC(=NCc1csc(Br)c1)NCC. The molecule has 1 rings (SSSR count). The van der Waals surface area contributed by atoms with Gasteiger partial charge in [0.2, 0.25) is 0 Å². The fourth-order valence-corrected chi connectivity index (χ4v) is 2.31. The second-order valence-electron chi connectivity index (χ2n) is 3.12.